The van der Waals surface area contributed by atoms with Crippen LogP contribution in [-0.4, -0.2) is 4.98 Å². The lowest BCUT2D eigenvalue weighted by Gasteiger charge is -2.37. The highest BCUT2D eigenvalue weighted by atomic mass is 31.2. The van der Waals surface area contributed by atoms with Gasteiger partial charge in [-0.2, -0.15) is 0 Å². The summed E-state index contributed by atoms with van der Waals surface area (Å²) < 4.78 is 16.0. The second-order valence-corrected chi connectivity index (χ2v) is 16.3. The predicted octanol–water partition coefficient (Wildman–Crippen LogP) is 9.39. The van der Waals surface area contributed by atoms with Crippen LogP contribution in [0.4, 0.5) is 0 Å². The van der Waals surface area contributed by atoms with Gasteiger partial charge in [0.25, 0.3) is 0 Å². The van der Waals surface area contributed by atoms with Crippen molar-refractivity contribution in [1.29, 1.82) is 0 Å². The van der Waals surface area contributed by atoms with Gasteiger partial charge in [0.15, 0.2) is 7.14 Å². The Morgan fingerprint density at radius 2 is 0.938 bits per heavy atom. The second-order valence-electron chi connectivity index (χ2n) is 13.5. The zero-order chi connectivity index (χ0) is 32.5. The van der Waals surface area contributed by atoms with Crippen LogP contribution in [0.25, 0.3) is 22.3 Å². The van der Waals surface area contributed by atoms with E-state index >= 15 is 4.57 Å². The SMILES string of the molecule is CC1(C)c2cc(-c3cccnc3)cc3c2-c2c1cc(P(=O)(c1ccccc1)c1ccccc1)cc2C3(c1ccccc1)c1ccccc1. The largest absolute Gasteiger partial charge is 0.309 e. The molecule has 48 heavy (non-hydrogen) atoms. The molecule has 0 spiro atoms. The Bertz CT molecular complexity index is 2280. The van der Waals surface area contributed by atoms with E-state index in [4.69, 9.17) is 0 Å². The lowest BCUT2D eigenvalue weighted by molar-refractivity contribution is 0.592. The molecule has 0 atom stereocenters. The first-order chi connectivity index (χ1) is 23.4. The molecule has 2 nitrogen and oxygen atoms in total. The Balaban J connectivity index is 1.46. The lowest BCUT2D eigenvalue weighted by Crippen LogP contribution is -2.33. The number of hydrogen-bond donors (Lipinski definition) is 0. The first-order valence-electron chi connectivity index (χ1n) is 16.6. The Labute approximate surface area is 282 Å². The van der Waals surface area contributed by atoms with Crippen LogP contribution in [0.2, 0.25) is 0 Å². The van der Waals surface area contributed by atoms with Crippen molar-refractivity contribution < 1.29 is 4.57 Å². The number of nitrogens with zero attached hydrogens (tertiary/aromatic N) is 1. The molecule has 0 amide bonds. The van der Waals surface area contributed by atoms with Crippen LogP contribution in [-0.2, 0) is 15.4 Å². The van der Waals surface area contributed by atoms with E-state index in [1.54, 1.807) is 0 Å². The molecule has 7 aromatic rings. The molecule has 0 N–H and O–H groups in total. The fourth-order valence-corrected chi connectivity index (χ4v) is 11.1. The van der Waals surface area contributed by atoms with E-state index in [-0.39, 0.29) is 5.41 Å². The second kappa shape index (κ2) is 10.6. The van der Waals surface area contributed by atoms with Gasteiger partial charge in [0.05, 0.1) is 5.41 Å². The summed E-state index contributed by atoms with van der Waals surface area (Å²) in [4.78, 5) is 4.50. The Kier molecular flexibility index (Phi) is 6.38. The van der Waals surface area contributed by atoms with Crippen molar-refractivity contribution >= 4 is 23.1 Å². The maximum atomic E-state index is 16.0. The van der Waals surface area contributed by atoms with Crippen LogP contribution in [0.15, 0.2) is 170 Å². The summed E-state index contributed by atoms with van der Waals surface area (Å²) in [6.45, 7) is 4.66. The summed E-state index contributed by atoms with van der Waals surface area (Å²) in [6.07, 6.45) is 3.79. The number of hydrogen-bond acceptors (Lipinski definition) is 2. The summed E-state index contributed by atoms with van der Waals surface area (Å²) in [5.41, 5.74) is 11.3. The minimum absolute atomic E-state index is 0.319. The summed E-state index contributed by atoms with van der Waals surface area (Å²) in [5, 5.41) is 2.56. The minimum atomic E-state index is -3.28. The lowest BCUT2D eigenvalue weighted by atomic mass is 9.65. The molecule has 0 saturated heterocycles. The average molecular weight is 636 g/mol. The van der Waals surface area contributed by atoms with Crippen molar-refractivity contribution in [3.05, 3.63) is 203 Å². The van der Waals surface area contributed by atoms with Crippen LogP contribution in [0.1, 0.15) is 47.2 Å². The Hall–Kier alpha value is -5.30. The van der Waals surface area contributed by atoms with Gasteiger partial charge < -0.3 is 4.57 Å². The summed E-state index contributed by atoms with van der Waals surface area (Å²) >= 11 is 0. The van der Waals surface area contributed by atoms with E-state index in [1.165, 1.54) is 44.5 Å². The highest BCUT2D eigenvalue weighted by Gasteiger charge is 2.54. The number of pyridine rings is 1. The summed E-state index contributed by atoms with van der Waals surface area (Å²) in [6, 6.07) is 55.4. The van der Waals surface area contributed by atoms with E-state index in [0.29, 0.717) is 0 Å². The summed E-state index contributed by atoms with van der Waals surface area (Å²) in [5.74, 6) is 0. The standard InChI is InChI=1S/C45H34NOP/c1-44(2)38-26-32(31-16-15-25-46-30-31)27-40-42(38)43-39(44)28-37(48(47,35-21-11-5-12-22-35)36-23-13-6-14-24-36)29-41(43)45(40,33-17-7-3-8-18-33)34-19-9-4-10-20-34/h3-30H,1-2H3. The van der Waals surface area contributed by atoms with Crippen molar-refractivity contribution in [1.82, 2.24) is 4.98 Å². The van der Waals surface area contributed by atoms with Gasteiger partial charge in [-0.3, -0.25) is 4.98 Å². The molecule has 0 radical (unpaired) electrons. The van der Waals surface area contributed by atoms with E-state index in [1.807, 2.05) is 79.1 Å². The quantitative estimate of drug-likeness (QED) is 0.171. The predicted molar refractivity (Wildman–Crippen MR) is 198 cm³/mol. The molecule has 2 aliphatic rings. The zero-order valence-electron chi connectivity index (χ0n) is 27.0. The Morgan fingerprint density at radius 3 is 1.46 bits per heavy atom. The molecule has 0 saturated carbocycles. The molecule has 2 aliphatic carbocycles. The molecule has 6 aromatic carbocycles. The van der Waals surface area contributed by atoms with E-state index in [0.717, 1.165) is 27.0 Å². The fraction of sp³-hybridized carbons (Fsp3) is 0.0889. The maximum Gasteiger partial charge on any atom is 0.171 e. The molecular weight excluding hydrogens is 601 g/mol. The first kappa shape index (κ1) is 28.9. The van der Waals surface area contributed by atoms with Gasteiger partial charge in [-0.05, 0) is 80.4 Å². The summed E-state index contributed by atoms with van der Waals surface area (Å²) in [7, 11) is -3.28. The molecule has 9 rings (SSSR count). The first-order valence-corrected chi connectivity index (χ1v) is 18.3. The molecule has 1 heterocycles. The van der Waals surface area contributed by atoms with Crippen LogP contribution in [0.5, 0.6) is 0 Å². The van der Waals surface area contributed by atoms with Crippen molar-refractivity contribution in [2.45, 2.75) is 24.7 Å². The third kappa shape index (κ3) is 3.87. The molecular formula is C45H34NOP. The fourth-order valence-electron chi connectivity index (χ4n) is 8.45. The normalized spacial score (nSPS) is 14.9. The van der Waals surface area contributed by atoms with Crippen LogP contribution >= 0.6 is 7.14 Å². The van der Waals surface area contributed by atoms with Crippen molar-refractivity contribution in [3.8, 4) is 22.3 Å². The zero-order valence-corrected chi connectivity index (χ0v) is 27.9. The van der Waals surface area contributed by atoms with Gasteiger partial charge in [-0.1, -0.05) is 141 Å². The third-order valence-electron chi connectivity index (χ3n) is 10.7. The van der Waals surface area contributed by atoms with Crippen molar-refractivity contribution in [3.63, 3.8) is 0 Å². The van der Waals surface area contributed by atoms with E-state index in [9.17, 15) is 0 Å². The highest BCUT2D eigenvalue weighted by molar-refractivity contribution is 7.85. The molecule has 1 aromatic heterocycles. The number of rotatable bonds is 6. The van der Waals surface area contributed by atoms with Crippen molar-refractivity contribution in [2.24, 2.45) is 0 Å². The molecule has 0 aliphatic heterocycles. The topological polar surface area (TPSA) is 30.0 Å². The highest BCUT2D eigenvalue weighted by Crippen LogP contribution is 2.65. The van der Waals surface area contributed by atoms with Crippen LogP contribution in [0.3, 0.4) is 0 Å². The monoisotopic (exact) mass is 635 g/mol. The van der Waals surface area contributed by atoms with E-state index in [2.05, 4.69) is 110 Å². The molecule has 0 unspecified atom stereocenters. The number of aromatic nitrogens is 1. The van der Waals surface area contributed by atoms with Crippen molar-refractivity contribution in [2.75, 3.05) is 0 Å². The molecule has 230 valence electrons. The van der Waals surface area contributed by atoms with Gasteiger partial charge in [-0.15, -0.1) is 0 Å². The Morgan fingerprint density at radius 1 is 0.479 bits per heavy atom. The minimum Gasteiger partial charge on any atom is -0.309 e. The smallest absolute Gasteiger partial charge is 0.171 e. The van der Waals surface area contributed by atoms with Gasteiger partial charge in [0.1, 0.15) is 0 Å². The average Bonchev–Trinajstić information content (AvgIpc) is 3.58. The molecule has 0 bridgehead atoms. The van der Waals surface area contributed by atoms with Gasteiger partial charge in [-0.25, -0.2) is 0 Å². The van der Waals surface area contributed by atoms with Crippen LogP contribution in [0, 0.1) is 0 Å². The van der Waals surface area contributed by atoms with E-state index < -0.39 is 12.6 Å². The maximum absolute atomic E-state index is 16.0. The van der Waals surface area contributed by atoms with Gasteiger partial charge in [0.2, 0.25) is 0 Å². The van der Waals surface area contributed by atoms with Gasteiger partial charge in [0, 0.05) is 39.3 Å². The number of benzene rings is 6. The molecule has 0 fully saturated rings. The van der Waals surface area contributed by atoms with Crippen LogP contribution < -0.4 is 15.9 Å². The molecule has 3 heteroatoms. The third-order valence-corrected chi connectivity index (χ3v) is 13.7. The van der Waals surface area contributed by atoms with Gasteiger partial charge >= 0.3 is 0 Å².